The van der Waals surface area contributed by atoms with Crippen molar-refractivity contribution in [2.24, 2.45) is 0 Å². The van der Waals surface area contributed by atoms with E-state index in [1.807, 2.05) is 0 Å². The molecule has 0 amide bonds. The minimum Gasteiger partial charge on any atom is -0.393 e. The third-order valence-electron chi connectivity index (χ3n) is 3.39. The zero-order chi connectivity index (χ0) is 13.4. The van der Waals surface area contributed by atoms with Crippen molar-refractivity contribution in [3.63, 3.8) is 0 Å². The number of nitrogens with two attached hydrogens (primary N) is 1. The summed E-state index contributed by atoms with van der Waals surface area (Å²) in [4.78, 5) is 14.6. The monoisotopic (exact) mass is 260 g/mol. The van der Waals surface area contributed by atoms with Gasteiger partial charge in [-0.15, -0.1) is 0 Å². The number of anilines is 1. The molecular weight excluding hydrogens is 248 g/mol. The predicted molar refractivity (Wildman–Crippen MR) is 67.4 cm³/mol. The van der Waals surface area contributed by atoms with E-state index in [-0.39, 0.29) is 11.4 Å². The first-order valence-corrected chi connectivity index (χ1v) is 6.03. The summed E-state index contributed by atoms with van der Waals surface area (Å²) >= 11 is 0. The predicted octanol–water partition coefficient (Wildman–Crippen LogP) is 2.49. The van der Waals surface area contributed by atoms with Gasteiger partial charge < -0.3 is 10.3 Å². The van der Waals surface area contributed by atoms with Crippen molar-refractivity contribution in [3.8, 4) is 11.5 Å². The van der Waals surface area contributed by atoms with Crippen LogP contribution < -0.4 is 5.73 Å². The molecule has 0 spiro atoms. The molecule has 1 saturated carbocycles. The van der Waals surface area contributed by atoms with Gasteiger partial charge in [0.15, 0.2) is 5.82 Å². The van der Waals surface area contributed by atoms with Gasteiger partial charge in [0.2, 0.25) is 0 Å². The van der Waals surface area contributed by atoms with Gasteiger partial charge in [-0.25, -0.2) is 0 Å². The number of hydrogen-bond donors (Lipinski definition) is 1. The first kappa shape index (κ1) is 11.6. The van der Waals surface area contributed by atoms with E-state index in [9.17, 15) is 10.1 Å². The molecular formula is C12H12N4O3. The quantitative estimate of drug-likeness (QED) is 0.516. The summed E-state index contributed by atoms with van der Waals surface area (Å²) in [6.45, 7) is 0. The van der Waals surface area contributed by atoms with E-state index in [2.05, 4.69) is 10.1 Å². The summed E-state index contributed by atoms with van der Waals surface area (Å²) in [5, 5.41) is 14.8. The summed E-state index contributed by atoms with van der Waals surface area (Å²) in [6.07, 6.45) is 3.32. The van der Waals surface area contributed by atoms with E-state index < -0.39 is 4.92 Å². The largest absolute Gasteiger partial charge is 0.393 e. The number of nitro benzene ring substituents is 1. The fourth-order valence-electron chi connectivity index (χ4n) is 2.02. The highest BCUT2D eigenvalue weighted by Gasteiger charge is 2.25. The molecule has 0 saturated heterocycles. The van der Waals surface area contributed by atoms with Crippen LogP contribution in [0, 0.1) is 10.1 Å². The Kier molecular flexibility index (Phi) is 2.66. The maximum atomic E-state index is 10.8. The maximum absolute atomic E-state index is 10.8. The Morgan fingerprint density at radius 1 is 1.42 bits per heavy atom. The highest BCUT2D eigenvalue weighted by atomic mass is 16.6. The normalized spacial score (nSPS) is 15.2. The van der Waals surface area contributed by atoms with Gasteiger partial charge >= 0.3 is 0 Å². The van der Waals surface area contributed by atoms with Crippen LogP contribution in [0.4, 0.5) is 11.4 Å². The van der Waals surface area contributed by atoms with Gasteiger partial charge in [0.25, 0.3) is 11.6 Å². The van der Waals surface area contributed by atoms with Crippen molar-refractivity contribution in [2.75, 3.05) is 5.73 Å². The number of aromatic nitrogens is 2. The smallest absolute Gasteiger partial charge is 0.292 e. The van der Waals surface area contributed by atoms with Gasteiger partial charge in [0.1, 0.15) is 5.69 Å². The zero-order valence-electron chi connectivity index (χ0n) is 10.1. The van der Waals surface area contributed by atoms with Crippen LogP contribution in [0.15, 0.2) is 22.7 Å². The van der Waals surface area contributed by atoms with Crippen LogP contribution in [0.25, 0.3) is 11.5 Å². The Balaban J connectivity index is 1.95. The molecule has 1 aliphatic carbocycles. The second-order valence-corrected chi connectivity index (χ2v) is 4.62. The molecule has 98 valence electrons. The van der Waals surface area contributed by atoms with Crippen molar-refractivity contribution in [1.29, 1.82) is 0 Å². The molecule has 1 aromatic carbocycles. The molecule has 0 radical (unpaired) electrons. The zero-order valence-corrected chi connectivity index (χ0v) is 10.1. The minimum absolute atomic E-state index is 0.118. The number of hydrogen-bond acceptors (Lipinski definition) is 6. The molecule has 7 heteroatoms. The maximum Gasteiger partial charge on any atom is 0.292 e. The summed E-state index contributed by atoms with van der Waals surface area (Å²) in [5.41, 5.74) is 6.02. The summed E-state index contributed by atoms with van der Waals surface area (Å²) < 4.78 is 5.16. The van der Waals surface area contributed by atoms with E-state index in [1.165, 1.54) is 18.6 Å². The lowest BCUT2D eigenvalue weighted by Gasteiger charge is -2.20. The third-order valence-corrected chi connectivity index (χ3v) is 3.39. The molecule has 0 aliphatic heterocycles. The molecule has 1 aromatic heterocycles. The lowest BCUT2D eigenvalue weighted by atomic mass is 9.85. The fraction of sp³-hybridized carbons (Fsp3) is 0.333. The van der Waals surface area contributed by atoms with Crippen LogP contribution in [0.5, 0.6) is 0 Å². The Labute approximate surface area is 108 Å². The van der Waals surface area contributed by atoms with Gasteiger partial charge in [0, 0.05) is 17.5 Å². The first-order valence-electron chi connectivity index (χ1n) is 6.03. The van der Waals surface area contributed by atoms with Crippen LogP contribution in [0.2, 0.25) is 0 Å². The summed E-state index contributed by atoms with van der Waals surface area (Å²) in [5.74, 6) is 1.34. The van der Waals surface area contributed by atoms with Gasteiger partial charge in [-0.05, 0) is 25.0 Å². The minimum atomic E-state index is -0.526. The molecule has 3 rings (SSSR count). The summed E-state index contributed by atoms with van der Waals surface area (Å²) in [6, 6.07) is 4.47. The van der Waals surface area contributed by atoms with Crippen molar-refractivity contribution < 1.29 is 9.45 Å². The van der Waals surface area contributed by atoms with Crippen LogP contribution in [-0.2, 0) is 0 Å². The average Bonchev–Trinajstić information content (AvgIpc) is 2.76. The molecule has 0 atom stereocenters. The van der Waals surface area contributed by atoms with Crippen LogP contribution in [0.1, 0.15) is 31.0 Å². The Hall–Kier alpha value is -2.44. The Bertz CT molecular complexity index is 634. The molecule has 2 N–H and O–H groups in total. The third kappa shape index (κ3) is 2.03. The van der Waals surface area contributed by atoms with Gasteiger partial charge in [-0.1, -0.05) is 11.6 Å². The Morgan fingerprint density at radius 2 is 2.21 bits per heavy atom. The number of nitrogens with zero attached hydrogens (tertiary/aromatic N) is 3. The van der Waals surface area contributed by atoms with Crippen molar-refractivity contribution in [3.05, 3.63) is 34.1 Å². The number of rotatable bonds is 3. The van der Waals surface area contributed by atoms with Gasteiger partial charge in [-0.2, -0.15) is 4.98 Å². The molecule has 1 aliphatic rings. The highest BCUT2D eigenvalue weighted by molar-refractivity contribution is 5.67. The Morgan fingerprint density at radius 3 is 2.84 bits per heavy atom. The topological polar surface area (TPSA) is 108 Å². The number of benzene rings is 1. The molecule has 0 unspecified atom stereocenters. The number of nitro groups is 1. The van der Waals surface area contributed by atoms with Crippen molar-refractivity contribution in [1.82, 2.24) is 10.1 Å². The molecule has 0 bridgehead atoms. The second kappa shape index (κ2) is 4.34. The molecule has 7 nitrogen and oxygen atoms in total. The van der Waals surface area contributed by atoms with Gasteiger partial charge in [-0.3, -0.25) is 10.1 Å². The second-order valence-electron chi connectivity index (χ2n) is 4.62. The first-order chi connectivity index (χ1) is 9.15. The molecule has 1 fully saturated rings. The van der Waals surface area contributed by atoms with E-state index in [4.69, 9.17) is 10.3 Å². The van der Waals surface area contributed by atoms with Crippen molar-refractivity contribution in [2.45, 2.75) is 25.2 Å². The number of nitrogen functional groups attached to an aromatic ring is 1. The highest BCUT2D eigenvalue weighted by Crippen LogP contribution is 2.36. The van der Waals surface area contributed by atoms with Crippen LogP contribution >= 0.6 is 0 Å². The average molecular weight is 260 g/mol. The summed E-state index contributed by atoms with van der Waals surface area (Å²) in [7, 11) is 0. The van der Waals surface area contributed by atoms with E-state index in [1.54, 1.807) is 6.07 Å². The van der Waals surface area contributed by atoms with Crippen molar-refractivity contribution >= 4 is 11.4 Å². The van der Waals surface area contributed by atoms with Gasteiger partial charge in [0.05, 0.1) is 4.92 Å². The molecule has 19 heavy (non-hydrogen) atoms. The SMILES string of the molecule is Nc1ccc(-c2nc(C3CCC3)no2)cc1[N+](=O)[O-]. The van der Waals surface area contributed by atoms with Crippen LogP contribution in [0.3, 0.4) is 0 Å². The lowest BCUT2D eigenvalue weighted by Crippen LogP contribution is -2.10. The van der Waals surface area contributed by atoms with E-state index in [0.717, 1.165) is 12.8 Å². The standard InChI is InChI=1S/C12H12N4O3/c13-9-5-4-8(6-10(9)16(17)18)12-14-11(15-19-12)7-2-1-3-7/h4-7H,1-3,13H2. The van der Waals surface area contributed by atoms with E-state index >= 15 is 0 Å². The fourth-order valence-corrected chi connectivity index (χ4v) is 2.02. The lowest BCUT2D eigenvalue weighted by molar-refractivity contribution is -0.383. The molecule has 1 heterocycles. The van der Waals surface area contributed by atoms with Crippen LogP contribution in [-0.4, -0.2) is 15.1 Å². The van der Waals surface area contributed by atoms with E-state index in [0.29, 0.717) is 23.2 Å². The molecule has 2 aromatic rings.